The van der Waals surface area contributed by atoms with E-state index in [-0.39, 0.29) is 11.7 Å². The monoisotopic (exact) mass is 249 g/mol. The molecule has 1 saturated heterocycles. The summed E-state index contributed by atoms with van der Waals surface area (Å²) in [5.74, 6) is -0.193. The largest absolute Gasteiger partial charge is 0.369 e. The second-order valence-electron chi connectivity index (χ2n) is 5.37. The van der Waals surface area contributed by atoms with Gasteiger partial charge in [-0.3, -0.25) is 14.5 Å². The van der Waals surface area contributed by atoms with Gasteiger partial charge in [-0.2, -0.15) is 0 Å². The SMILES string of the molecule is Cn1ccc(C(=O)CN2CCC(C)(C(N)=O)C2)c1. The van der Waals surface area contributed by atoms with Crippen molar-refractivity contribution >= 4 is 11.7 Å². The van der Waals surface area contributed by atoms with E-state index in [2.05, 4.69) is 0 Å². The lowest BCUT2D eigenvalue weighted by molar-refractivity contribution is -0.126. The molecule has 5 nitrogen and oxygen atoms in total. The molecule has 0 aliphatic carbocycles. The number of hydrogen-bond acceptors (Lipinski definition) is 3. The molecule has 1 aliphatic heterocycles. The Morgan fingerprint density at radius 3 is 2.72 bits per heavy atom. The third-order valence-corrected chi connectivity index (χ3v) is 3.67. The van der Waals surface area contributed by atoms with Gasteiger partial charge in [0.05, 0.1) is 12.0 Å². The number of ketones is 1. The van der Waals surface area contributed by atoms with Gasteiger partial charge in [-0.1, -0.05) is 0 Å². The second kappa shape index (κ2) is 4.57. The number of amides is 1. The van der Waals surface area contributed by atoms with Crippen LogP contribution in [0.4, 0.5) is 0 Å². The van der Waals surface area contributed by atoms with Crippen molar-refractivity contribution in [2.24, 2.45) is 18.2 Å². The summed E-state index contributed by atoms with van der Waals surface area (Å²) in [5, 5.41) is 0. The molecule has 0 radical (unpaired) electrons. The van der Waals surface area contributed by atoms with Crippen LogP contribution in [-0.2, 0) is 11.8 Å². The standard InChI is InChI=1S/C13H19N3O2/c1-13(12(14)18)4-6-16(9-13)8-11(17)10-3-5-15(2)7-10/h3,5,7H,4,6,8-9H2,1-2H3,(H2,14,18). The van der Waals surface area contributed by atoms with Crippen LogP contribution in [0.1, 0.15) is 23.7 Å². The van der Waals surface area contributed by atoms with Crippen LogP contribution in [0.25, 0.3) is 0 Å². The molecule has 0 aromatic carbocycles. The molecule has 2 heterocycles. The lowest BCUT2D eigenvalue weighted by Gasteiger charge is -2.20. The fourth-order valence-electron chi connectivity index (χ4n) is 2.36. The first-order valence-corrected chi connectivity index (χ1v) is 6.08. The van der Waals surface area contributed by atoms with Gasteiger partial charge in [0.25, 0.3) is 0 Å². The zero-order chi connectivity index (χ0) is 13.3. The number of Topliss-reactive ketones (excluding diaryl/α,β-unsaturated/α-hetero) is 1. The Hall–Kier alpha value is -1.62. The van der Waals surface area contributed by atoms with E-state index in [1.165, 1.54) is 0 Å². The van der Waals surface area contributed by atoms with Gasteiger partial charge in [0.2, 0.25) is 5.91 Å². The topological polar surface area (TPSA) is 68.3 Å². The van der Waals surface area contributed by atoms with Crippen molar-refractivity contribution in [2.45, 2.75) is 13.3 Å². The van der Waals surface area contributed by atoms with Crippen LogP contribution in [0.5, 0.6) is 0 Å². The first-order chi connectivity index (χ1) is 8.40. The minimum absolute atomic E-state index is 0.0873. The van der Waals surface area contributed by atoms with Gasteiger partial charge in [0.1, 0.15) is 0 Å². The minimum Gasteiger partial charge on any atom is -0.369 e. The Labute approximate surface area is 107 Å². The van der Waals surface area contributed by atoms with Crippen molar-refractivity contribution in [3.63, 3.8) is 0 Å². The molecule has 1 aliphatic rings. The van der Waals surface area contributed by atoms with Crippen molar-refractivity contribution < 1.29 is 9.59 Å². The molecule has 1 unspecified atom stereocenters. The van der Waals surface area contributed by atoms with E-state index < -0.39 is 5.41 Å². The lowest BCUT2D eigenvalue weighted by atomic mass is 9.89. The molecule has 18 heavy (non-hydrogen) atoms. The summed E-state index contributed by atoms with van der Waals surface area (Å²) < 4.78 is 1.85. The predicted octanol–water partition coefficient (Wildman–Crippen LogP) is 0.405. The molecule has 1 amide bonds. The maximum absolute atomic E-state index is 12.0. The average molecular weight is 249 g/mol. The smallest absolute Gasteiger partial charge is 0.224 e. The number of aryl methyl sites for hydroxylation is 1. The van der Waals surface area contributed by atoms with Gasteiger partial charge in [-0.25, -0.2) is 0 Å². The van der Waals surface area contributed by atoms with Crippen molar-refractivity contribution in [3.05, 3.63) is 24.0 Å². The Morgan fingerprint density at radius 2 is 2.22 bits per heavy atom. The summed E-state index contributed by atoms with van der Waals surface area (Å²) in [4.78, 5) is 25.4. The van der Waals surface area contributed by atoms with Crippen LogP contribution in [0.2, 0.25) is 0 Å². The normalized spacial score (nSPS) is 24.3. The van der Waals surface area contributed by atoms with E-state index in [1.807, 2.05) is 41.9 Å². The van der Waals surface area contributed by atoms with Crippen molar-refractivity contribution in [1.29, 1.82) is 0 Å². The van der Waals surface area contributed by atoms with Crippen LogP contribution in [0.15, 0.2) is 18.5 Å². The number of likely N-dealkylation sites (tertiary alicyclic amines) is 1. The third kappa shape index (κ3) is 2.46. The van der Waals surface area contributed by atoms with Crippen LogP contribution in [0.3, 0.4) is 0 Å². The van der Waals surface area contributed by atoms with Crippen molar-refractivity contribution in [3.8, 4) is 0 Å². The number of primary amides is 1. The molecule has 2 N–H and O–H groups in total. The molecule has 1 aromatic heterocycles. The molecule has 0 spiro atoms. The van der Waals surface area contributed by atoms with E-state index in [1.54, 1.807) is 0 Å². The van der Waals surface area contributed by atoms with Gasteiger partial charge in [0, 0.05) is 31.5 Å². The highest BCUT2D eigenvalue weighted by molar-refractivity contribution is 5.97. The van der Waals surface area contributed by atoms with E-state index in [0.717, 1.165) is 13.0 Å². The summed E-state index contributed by atoms with van der Waals surface area (Å²) in [6.45, 7) is 3.54. The summed E-state index contributed by atoms with van der Waals surface area (Å²) in [6.07, 6.45) is 4.39. The van der Waals surface area contributed by atoms with Crippen molar-refractivity contribution in [2.75, 3.05) is 19.6 Å². The molecule has 0 saturated carbocycles. The van der Waals surface area contributed by atoms with E-state index in [4.69, 9.17) is 5.73 Å². The number of rotatable bonds is 4. The second-order valence-corrected chi connectivity index (χ2v) is 5.37. The number of carbonyl (C=O) groups excluding carboxylic acids is 2. The van der Waals surface area contributed by atoms with E-state index in [0.29, 0.717) is 18.7 Å². The molecular formula is C13H19N3O2. The molecule has 1 atom stereocenters. The molecule has 0 bridgehead atoms. The number of carbonyl (C=O) groups is 2. The quantitative estimate of drug-likeness (QED) is 0.786. The molecular weight excluding hydrogens is 230 g/mol. The van der Waals surface area contributed by atoms with Gasteiger partial charge in [-0.05, 0) is 26.0 Å². The minimum atomic E-state index is -0.489. The molecule has 5 heteroatoms. The van der Waals surface area contributed by atoms with Crippen LogP contribution in [-0.4, -0.2) is 40.8 Å². The summed E-state index contributed by atoms with van der Waals surface area (Å²) in [7, 11) is 1.89. The van der Waals surface area contributed by atoms with Gasteiger partial charge >= 0.3 is 0 Å². The van der Waals surface area contributed by atoms with E-state index in [9.17, 15) is 9.59 Å². The van der Waals surface area contributed by atoms with Gasteiger partial charge in [0.15, 0.2) is 5.78 Å². The molecule has 2 rings (SSSR count). The van der Waals surface area contributed by atoms with Crippen LogP contribution < -0.4 is 5.73 Å². The van der Waals surface area contributed by atoms with Crippen LogP contribution in [0, 0.1) is 5.41 Å². The predicted molar refractivity (Wildman–Crippen MR) is 68.1 cm³/mol. The lowest BCUT2D eigenvalue weighted by Crippen LogP contribution is -2.38. The van der Waals surface area contributed by atoms with E-state index >= 15 is 0 Å². The Kier molecular flexibility index (Phi) is 3.26. The number of aromatic nitrogens is 1. The maximum Gasteiger partial charge on any atom is 0.224 e. The number of nitrogens with two attached hydrogens (primary N) is 1. The first-order valence-electron chi connectivity index (χ1n) is 6.08. The Bertz CT molecular complexity index is 480. The maximum atomic E-state index is 12.0. The van der Waals surface area contributed by atoms with Crippen molar-refractivity contribution in [1.82, 2.24) is 9.47 Å². The fraction of sp³-hybridized carbons (Fsp3) is 0.538. The van der Waals surface area contributed by atoms with Gasteiger partial charge < -0.3 is 10.3 Å². The first kappa shape index (κ1) is 12.8. The highest BCUT2D eigenvalue weighted by atomic mass is 16.1. The number of nitrogens with zero attached hydrogens (tertiary/aromatic N) is 2. The van der Waals surface area contributed by atoms with Gasteiger partial charge in [-0.15, -0.1) is 0 Å². The average Bonchev–Trinajstić information content (AvgIpc) is 2.86. The molecule has 98 valence electrons. The number of hydrogen-bond donors (Lipinski definition) is 1. The Morgan fingerprint density at radius 1 is 1.50 bits per heavy atom. The highest BCUT2D eigenvalue weighted by Gasteiger charge is 2.39. The zero-order valence-electron chi connectivity index (χ0n) is 10.8. The zero-order valence-corrected chi connectivity index (χ0v) is 10.8. The fourth-order valence-corrected chi connectivity index (χ4v) is 2.36. The third-order valence-electron chi connectivity index (χ3n) is 3.67. The van der Waals surface area contributed by atoms with Crippen LogP contribution >= 0.6 is 0 Å². The molecule has 1 aromatic rings. The summed E-state index contributed by atoms with van der Waals surface area (Å²) >= 11 is 0. The summed E-state index contributed by atoms with van der Waals surface area (Å²) in [6, 6.07) is 1.81. The summed E-state index contributed by atoms with van der Waals surface area (Å²) in [5.41, 5.74) is 5.61. The highest BCUT2D eigenvalue weighted by Crippen LogP contribution is 2.29. The Balaban J connectivity index is 1.96. The molecule has 1 fully saturated rings.